The van der Waals surface area contributed by atoms with Crippen LogP contribution < -0.4 is 15.2 Å². The number of piperidine rings is 1. The Morgan fingerprint density at radius 1 is 1.28 bits per heavy atom. The monoisotopic (exact) mass is 404 g/mol. The van der Waals surface area contributed by atoms with Gasteiger partial charge in [0.05, 0.1) is 10.0 Å². The van der Waals surface area contributed by atoms with Gasteiger partial charge < -0.3 is 10.1 Å². The Bertz CT molecular complexity index is 541. The highest BCUT2D eigenvalue weighted by molar-refractivity contribution is 7.98. The molecule has 25 heavy (non-hydrogen) atoms. The Labute approximate surface area is 166 Å². The Morgan fingerprint density at radius 3 is 2.36 bits per heavy atom. The van der Waals surface area contributed by atoms with Crippen LogP contribution in [0.15, 0.2) is 24.8 Å². The van der Waals surface area contributed by atoms with Crippen LogP contribution in [0.1, 0.15) is 39.2 Å². The van der Waals surface area contributed by atoms with Crippen LogP contribution in [0.2, 0.25) is 10.0 Å². The molecule has 1 saturated heterocycles. The maximum absolute atomic E-state index is 6.12. The van der Waals surface area contributed by atoms with E-state index in [2.05, 4.69) is 32.7 Å². The van der Waals surface area contributed by atoms with E-state index < -0.39 is 0 Å². The van der Waals surface area contributed by atoms with Crippen molar-refractivity contribution in [2.45, 2.75) is 44.8 Å². The van der Waals surface area contributed by atoms with Gasteiger partial charge in [0, 0.05) is 10.8 Å². The van der Waals surface area contributed by atoms with Gasteiger partial charge in [-0.25, -0.2) is 0 Å². The van der Waals surface area contributed by atoms with Crippen molar-refractivity contribution in [3.8, 4) is 5.75 Å². The lowest BCUT2D eigenvalue weighted by molar-refractivity contribution is 0.342. The van der Waals surface area contributed by atoms with Gasteiger partial charge in [0.1, 0.15) is 12.4 Å². The molecular formula is C19H30Cl2N2OS. The second-order valence-corrected chi connectivity index (χ2v) is 9.38. The number of nitrogens with one attached hydrogen (secondary N) is 1. The zero-order valence-corrected chi connectivity index (χ0v) is 17.7. The number of nitrogens with two attached hydrogens (primary N) is 1. The van der Waals surface area contributed by atoms with Crippen LogP contribution in [0.4, 0.5) is 0 Å². The van der Waals surface area contributed by atoms with Gasteiger partial charge in [-0.15, -0.1) is 0 Å². The minimum Gasteiger partial charge on any atom is -0.489 e. The van der Waals surface area contributed by atoms with E-state index in [-0.39, 0.29) is 4.75 Å². The predicted molar refractivity (Wildman–Crippen MR) is 113 cm³/mol. The largest absolute Gasteiger partial charge is 0.489 e. The van der Waals surface area contributed by atoms with E-state index in [1.807, 2.05) is 12.1 Å². The molecule has 3 nitrogen and oxygen atoms in total. The Morgan fingerprint density at radius 2 is 1.84 bits per heavy atom. The van der Waals surface area contributed by atoms with Crippen LogP contribution in [0, 0.1) is 5.92 Å². The lowest BCUT2D eigenvalue weighted by atomic mass is 9.90. The summed E-state index contributed by atoms with van der Waals surface area (Å²) < 4.78 is 5.92. The molecule has 0 radical (unpaired) electrons. The maximum Gasteiger partial charge on any atom is 0.124 e. The number of benzene rings is 1. The molecule has 2 rings (SSSR count). The number of ether oxygens (including phenoxy) is 1. The fraction of sp³-hybridized carbons (Fsp3) is 0.579. The van der Waals surface area contributed by atoms with Gasteiger partial charge in [-0.05, 0) is 70.7 Å². The van der Waals surface area contributed by atoms with Gasteiger partial charge >= 0.3 is 0 Å². The molecule has 0 aliphatic carbocycles. The lowest BCUT2D eigenvalue weighted by Gasteiger charge is -2.23. The normalized spacial score (nSPS) is 15.3. The second-order valence-electron chi connectivity index (χ2n) is 7.10. The molecule has 1 aromatic rings. The van der Waals surface area contributed by atoms with Gasteiger partial charge in [0.25, 0.3) is 0 Å². The van der Waals surface area contributed by atoms with E-state index in [0.29, 0.717) is 22.6 Å². The zero-order valence-electron chi connectivity index (χ0n) is 15.4. The van der Waals surface area contributed by atoms with E-state index in [1.54, 1.807) is 6.08 Å². The van der Waals surface area contributed by atoms with Gasteiger partial charge in [0.15, 0.2) is 0 Å². The SMILES string of the molecule is C=CCOc1cc(Cl)c(Cl)cc1CC1CCNCC1.CC(C)(C)SN. The Hall–Kier alpha value is -0.390. The second kappa shape index (κ2) is 11.3. The van der Waals surface area contributed by atoms with E-state index in [0.717, 1.165) is 30.8 Å². The third-order valence-electron chi connectivity index (χ3n) is 3.78. The molecule has 0 unspecified atom stereocenters. The summed E-state index contributed by atoms with van der Waals surface area (Å²) in [5.41, 5.74) is 1.14. The fourth-order valence-electron chi connectivity index (χ4n) is 2.41. The molecule has 142 valence electrons. The molecule has 0 amide bonds. The first-order chi connectivity index (χ1) is 11.8. The van der Waals surface area contributed by atoms with E-state index in [9.17, 15) is 0 Å². The first kappa shape index (κ1) is 22.7. The number of rotatable bonds is 5. The van der Waals surface area contributed by atoms with Crippen molar-refractivity contribution in [2.24, 2.45) is 11.1 Å². The minimum absolute atomic E-state index is 0.236. The summed E-state index contributed by atoms with van der Waals surface area (Å²) in [6.07, 6.45) is 5.12. The molecule has 1 aliphatic heterocycles. The van der Waals surface area contributed by atoms with Crippen molar-refractivity contribution in [3.63, 3.8) is 0 Å². The summed E-state index contributed by atoms with van der Waals surface area (Å²) in [6.45, 7) is 12.6. The molecule has 6 heteroatoms. The fourth-order valence-corrected chi connectivity index (χ4v) is 2.75. The summed E-state index contributed by atoms with van der Waals surface area (Å²) in [4.78, 5) is 0. The summed E-state index contributed by atoms with van der Waals surface area (Å²) >= 11 is 13.6. The summed E-state index contributed by atoms with van der Waals surface area (Å²) in [5.74, 6) is 1.51. The van der Waals surface area contributed by atoms with Gasteiger partial charge in [0.2, 0.25) is 0 Å². The highest BCUT2D eigenvalue weighted by Crippen LogP contribution is 2.33. The van der Waals surface area contributed by atoms with Crippen molar-refractivity contribution in [1.82, 2.24) is 5.32 Å². The highest BCUT2D eigenvalue weighted by Gasteiger charge is 2.17. The number of hydrogen-bond donors (Lipinski definition) is 2. The quantitative estimate of drug-likeness (QED) is 0.502. The van der Waals surface area contributed by atoms with Crippen LogP contribution >= 0.6 is 35.1 Å². The van der Waals surface area contributed by atoms with Crippen LogP contribution in [0.3, 0.4) is 0 Å². The van der Waals surface area contributed by atoms with Crippen molar-refractivity contribution in [1.29, 1.82) is 0 Å². The standard InChI is InChI=1S/C15H19Cl2NO.C4H11NS/c1-2-7-19-15-10-14(17)13(16)9-12(15)8-11-3-5-18-6-4-11;1-4(2,3)6-5/h2,9-11,18H,1,3-8H2;5H2,1-3H3. The first-order valence-corrected chi connectivity index (χ1v) is 10.2. The molecule has 0 atom stereocenters. The zero-order chi connectivity index (χ0) is 18.9. The molecule has 1 fully saturated rings. The molecule has 1 heterocycles. The molecular weight excluding hydrogens is 375 g/mol. The van der Waals surface area contributed by atoms with Crippen LogP contribution in [0.25, 0.3) is 0 Å². The van der Waals surface area contributed by atoms with Crippen LogP contribution in [-0.2, 0) is 6.42 Å². The van der Waals surface area contributed by atoms with Crippen LogP contribution in [0.5, 0.6) is 5.75 Å². The Kier molecular flexibility index (Phi) is 10.3. The average Bonchev–Trinajstić information content (AvgIpc) is 2.57. The first-order valence-electron chi connectivity index (χ1n) is 8.57. The predicted octanol–water partition coefficient (Wildman–Crippen LogP) is 5.49. The van der Waals surface area contributed by atoms with Crippen molar-refractivity contribution >= 4 is 35.1 Å². The van der Waals surface area contributed by atoms with E-state index in [4.69, 9.17) is 33.1 Å². The molecule has 0 aromatic heterocycles. The number of halogens is 2. The highest BCUT2D eigenvalue weighted by atomic mass is 35.5. The third kappa shape index (κ3) is 9.20. The average molecular weight is 405 g/mol. The smallest absolute Gasteiger partial charge is 0.124 e. The summed E-state index contributed by atoms with van der Waals surface area (Å²) in [7, 11) is 0. The topological polar surface area (TPSA) is 47.3 Å². The Balaban J connectivity index is 0.000000450. The van der Waals surface area contributed by atoms with Gasteiger partial charge in [-0.3, -0.25) is 5.14 Å². The maximum atomic E-state index is 6.12. The lowest BCUT2D eigenvalue weighted by Crippen LogP contribution is -2.28. The summed E-state index contributed by atoms with van der Waals surface area (Å²) in [5, 5.41) is 9.73. The van der Waals surface area contributed by atoms with Gasteiger partial charge in [-0.1, -0.05) is 47.8 Å². The molecule has 1 aliphatic rings. The minimum atomic E-state index is 0.236. The molecule has 0 spiro atoms. The number of hydrogen-bond acceptors (Lipinski definition) is 4. The molecule has 1 aromatic carbocycles. The van der Waals surface area contributed by atoms with Crippen molar-refractivity contribution in [2.75, 3.05) is 19.7 Å². The molecule has 3 N–H and O–H groups in total. The van der Waals surface area contributed by atoms with Crippen molar-refractivity contribution < 1.29 is 4.74 Å². The van der Waals surface area contributed by atoms with Gasteiger partial charge in [-0.2, -0.15) is 0 Å². The third-order valence-corrected chi connectivity index (χ3v) is 5.21. The molecule has 0 saturated carbocycles. The molecule has 0 bridgehead atoms. The van der Waals surface area contributed by atoms with Crippen LogP contribution in [-0.4, -0.2) is 24.4 Å². The van der Waals surface area contributed by atoms with E-state index >= 15 is 0 Å². The summed E-state index contributed by atoms with van der Waals surface area (Å²) in [6, 6.07) is 3.74. The van der Waals surface area contributed by atoms with E-state index in [1.165, 1.54) is 24.8 Å². The van der Waals surface area contributed by atoms with Crippen molar-refractivity contribution in [3.05, 3.63) is 40.4 Å².